The minimum atomic E-state index is -0.749. The molecule has 12 rings (SSSR count). The molecule has 3 aromatic heterocycles. The van der Waals surface area contributed by atoms with Crippen molar-refractivity contribution in [1.29, 1.82) is 0 Å². The van der Waals surface area contributed by atoms with Gasteiger partial charge in [-0.2, -0.15) is 0 Å². The van der Waals surface area contributed by atoms with Crippen molar-refractivity contribution in [2.75, 3.05) is 40.5 Å². The molecule has 3 saturated heterocycles. The molecule has 3 aromatic carbocycles. The van der Waals surface area contributed by atoms with Crippen LogP contribution in [0.5, 0.6) is 11.5 Å². The number of carbonyl (C=O) groups is 4. The number of H-pyrrole nitrogens is 2. The summed E-state index contributed by atoms with van der Waals surface area (Å²) in [6.45, 7) is 3.44. The predicted octanol–water partition coefficient (Wildman–Crippen LogP) is 7.71. The van der Waals surface area contributed by atoms with Crippen LogP contribution in [-0.2, 0) is 30.2 Å². The Morgan fingerprint density at radius 1 is 0.861 bits per heavy atom. The SMILES string of the molecule is COC(=O)NCC(=O)N1CCC[C@H]1c1ncc(-c2cc(F)c3c(c2)OC(c2ccc4c(c2)OCCC4)n2c-3cc3cc(-c4cnc([C@@H]5C[C@H]6C[C@H]6N5C(=O)C(NC(=O)OC)C5CCO[C@H](C)C5)[nH]4)ccc32)[nH]1. The van der Waals surface area contributed by atoms with E-state index >= 15 is 4.39 Å². The zero-order valence-corrected chi connectivity index (χ0v) is 40.2. The average molecular weight is 982 g/mol. The molecule has 8 atom stereocenters. The molecule has 1 aliphatic carbocycles. The molecule has 72 heavy (non-hydrogen) atoms. The van der Waals surface area contributed by atoms with E-state index in [1.165, 1.54) is 20.3 Å². The molecular formula is C53H56FN9O9. The second-order valence-corrected chi connectivity index (χ2v) is 19.9. The van der Waals surface area contributed by atoms with Crippen molar-refractivity contribution in [3.63, 3.8) is 0 Å². The Balaban J connectivity index is 0.864. The topological polar surface area (TPSA) is 207 Å². The number of likely N-dealkylation sites (tertiary alicyclic amines) is 2. The van der Waals surface area contributed by atoms with E-state index in [1.54, 1.807) is 17.3 Å². The molecule has 8 heterocycles. The highest BCUT2D eigenvalue weighted by molar-refractivity contribution is 5.93. The first-order chi connectivity index (χ1) is 35.0. The number of halogens is 1. The molecule has 4 amide bonds. The molecule has 6 aliphatic rings. The molecule has 19 heteroatoms. The number of aryl methyl sites for hydroxylation is 1. The van der Waals surface area contributed by atoms with Gasteiger partial charge in [0.15, 0.2) is 0 Å². The molecule has 0 spiro atoms. The highest BCUT2D eigenvalue weighted by Crippen LogP contribution is 2.54. The van der Waals surface area contributed by atoms with Crippen LogP contribution in [0, 0.1) is 17.7 Å². The Morgan fingerprint density at radius 2 is 1.67 bits per heavy atom. The highest BCUT2D eigenvalue weighted by Gasteiger charge is 2.57. The molecule has 3 unspecified atom stereocenters. The quantitative estimate of drug-likeness (QED) is 0.105. The number of alkyl carbamates (subject to hydrolysis) is 2. The molecule has 374 valence electrons. The van der Waals surface area contributed by atoms with Gasteiger partial charge in [0.05, 0.1) is 79.6 Å². The number of piperidine rings is 1. The maximum Gasteiger partial charge on any atom is 0.407 e. The Labute approximate surface area is 413 Å². The van der Waals surface area contributed by atoms with E-state index in [2.05, 4.69) is 48.5 Å². The third-order valence-electron chi connectivity index (χ3n) is 15.5. The van der Waals surface area contributed by atoms with Crippen LogP contribution in [-0.4, -0.2) is 117 Å². The number of nitrogens with one attached hydrogen (secondary N) is 4. The molecule has 18 nitrogen and oxygen atoms in total. The molecule has 4 N–H and O–H groups in total. The predicted molar refractivity (Wildman–Crippen MR) is 259 cm³/mol. The summed E-state index contributed by atoms with van der Waals surface area (Å²) in [7, 11) is 2.55. The normalized spacial score (nSPS) is 24.2. The van der Waals surface area contributed by atoms with Crippen molar-refractivity contribution in [2.24, 2.45) is 11.8 Å². The van der Waals surface area contributed by atoms with E-state index < -0.39 is 30.3 Å². The van der Waals surface area contributed by atoms with Gasteiger partial charge in [-0.25, -0.2) is 23.9 Å². The number of carbonyl (C=O) groups excluding carboxylic acids is 4. The van der Waals surface area contributed by atoms with E-state index in [9.17, 15) is 19.2 Å². The first-order valence-electron chi connectivity index (χ1n) is 24.9. The monoisotopic (exact) mass is 981 g/mol. The number of amides is 4. The third-order valence-corrected chi connectivity index (χ3v) is 15.5. The Bertz CT molecular complexity index is 3130. The fraction of sp³-hybridized carbons (Fsp3) is 0.434. The van der Waals surface area contributed by atoms with Crippen molar-refractivity contribution in [3.05, 3.63) is 95.6 Å². The van der Waals surface area contributed by atoms with E-state index in [-0.39, 0.29) is 48.5 Å². The second kappa shape index (κ2) is 18.3. The van der Waals surface area contributed by atoms with Crippen LogP contribution in [0.25, 0.3) is 44.7 Å². The van der Waals surface area contributed by atoms with Gasteiger partial charge in [0, 0.05) is 41.3 Å². The van der Waals surface area contributed by atoms with Gasteiger partial charge < -0.3 is 58.7 Å². The van der Waals surface area contributed by atoms with Crippen LogP contribution >= 0.6 is 0 Å². The standard InChI is InChI=1S/C53H56FN9O9/c1-27-16-30(12-15-70-27)47(60-53(67)69-3)50(65)62-40-19-34(40)21-42(62)49-56-24-36(58-49)29-10-11-38-33(17-29)20-41-46-35(54)18-32(23-44(46)72-51(63(38)41)31-9-8-28-6-5-14-71-43(28)22-31)37-25-55-48(59-37)39-7-4-13-61(39)45(64)26-57-52(66)68-2/h8-11,17-18,20,22-25,27,30,34,39-40,42,47,51H,4-7,12-16,19,21,26H2,1-3H3,(H,55,59)(H,56,58)(H,57,66)(H,60,67)/t27-,30?,34-,39+,40-,42+,47?,51?/m1/s1. The maximum atomic E-state index is 17.0. The van der Waals surface area contributed by atoms with Crippen LogP contribution < -0.4 is 20.1 Å². The van der Waals surface area contributed by atoms with Crippen LogP contribution in [0.1, 0.15) is 93.0 Å². The van der Waals surface area contributed by atoms with Gasteiger partial charge in [-0.15, -0.1) is 0 Å². The summed E-state index contributed by atoms with van der Waals surface area (Å²) in [6, 6.07) is 16.2. The van der Waals surface area contributed by atoms with E-state index in [4.69, 9.17) is 23.9 Å². The van der Waals surface area contributed by atoms with Crippen LogP contribution in [0.15, 0.2) is 67.0 Å². The lowest BCUT2D eigenvalue weighted by Gasteiger charge is -2.36. The summed E-state index contributed by atoms with van der Waals surface area (Å²) in [5.41, 5.74) is 6.47. The molecule has 4 fully saturated rings. The molecule has 1 saturated carbocycles. The van der Waals surface area contributed by atoms with E-state index in [0.717, 1.165) is 71.1 Å². The first kappa shape index (κ1) is 45.7. The first-order valence-corrected chi connectivity index (χ1v) is 24.9. The maximum absolute atomic E-state index is 17.0. The smallest absolute Gasteiger partial charge is 0.407 e. The fourth-order valence-electron chi connectivity index (χ4n) is 11.9. The Kier molecular flexibility index (Phi) is 11.6. The fourth-order valence-corrected chi connectivity index (χ4v) is 11.9. The molecule has 5 aliphatic heterocycles. The number of benzene rings is 3. The van der Waals surface area contributed by atoms with Crippen molar-refractivity contribution >= 4 is 34.9 Å². The van der Waals surface area contributed by atoms with Crippen LogP contribution in [0.4, 0.5) is 14.0 Å². The zero-order chi connectivity index (χ0) is 49.4. The van der Waals surface area contributed by atoms with Gasteiger partial charge >= 0.3 is 12.2 Å². The van der Waals surface area contributed by atoms with Gasteiger partial charge in [-0.1, -0.05) is 18.2 Å². The summed E-state index contributed by atoms with van der Waals surface area (Å²) >= 11 is 0. The summed E-state index contributed by atoms with van der Waals surface area (Å²) in [5.74, 6) is 1.81. The molecular weight excluding hydrogens is 926 g/mol. The number of rotatable bonds is 10. The lowest BCUT2D eigenvalue weighted by atomic mass is 9.88. The molecule has 0 bridgehead atoms. The number of imidazole rings is 2. The minimum Gasteiger partial charge on any atom is -0.493 e. The largest absolute Gasteiger partial charge is 0.493 e. The second-order valence-electron chi connectivity index (χ2n) is 19.9. The van der Waals surface area contributed by atoms with E-state index in [0.29, 0.717) is 84.9 Å². The Morgan fingerprint density at radius 3 is 2.47 bits per heavy atom. The van der Waals surface area contributed by atoms with Gasteiger partial charge in [0.1, 0.15) is 41.6 Å². The number of fused-ring (bicyclic) bond motifs is 7. The number of aromatic nitrogens is 5. The number of hydrogen-bond acceptors (Lipinski definition) is 11. The summed E-state index contributed by atoms with van der Waals surface area (Å²) in [5, 5.41) is 6.19. The number of ether oxygens (including phenoxy) is 5. The van der Waals surface area contributed by atoms with Crippen LogP contribution in [0.2, 0.25) is 0 Å². The van der Waals surface area contributed by atoms with Gasteiger partial charge in [-0.3, -0.25) is 9.59 Å². The van der Waals surface area contributed by atoms with Gasteiger partial charge in [0.25, 0.3) is 0 Å². The Hall–Kier alpha value is -7.41. The zero-order valence-electron chi connectivity index (χ0n) is 40.2. The summed E-state index contributed by atoms with van der Waals surface area (Å²) in [6.07, 6.45) is 7.68. The van der Waals surface area contributed by atoms with Crippen LogP contribution in [0.3, 0.4) is 0 Å². The van der Waals surface area contributed by atoms with Crippen molar-refractivity contribution in [1.82, 2.24) is 44.9 Å². The number of hydrogen-bond donors (Lipinski definition) is 4. The van der Waals surface area contributed by atoms with Crippen molar-refractivity contribution < 1.29 is 47.3 Å². The average Bonchev–Trinajstić information content (AvgIpc) is 4.06. The van der Waals surface area contributed by atoms with Crippen molar-refractivity contribution in [3.8, 4) is 45.3 Å². The van der Waals surface area contributed by atoms with E-state index in [1.807, 2.05) is 46.7 Å². The lowest BCUT2D eigenvalue weighted by molar-refractivity contribution is -0.138. The number of aromatic amines is 2. The minimum absolute atomic E-state index is 0.0284. The lowest BCUT2D eigenvalue weighted by Crippen LogP contribution is -2.54. The van der Waals surface area contributed by atoms with Gasteiger partial charge in [-0.05, 0) is 112 Å². The van der Waals surface area contributed by atoms with Crippen molar-refractivity contribution in [2.45, 2.75) is 94.8 Å². The van der Waals surface area contributed by atoms with Gasteiger partial charge in [0.2, 0.25) is 18.0 Å². The summed E-state index contributed by atoms with van der Waals surface area (Å²) in [4.78, 5) is 72.0. The number of methoxy groups -OCH3 is 2. The summed E-state index contributed by atoms with van der Waals surface area (Å²) < 4.78 is 47.5. The highest BCUT2D eigenvalue weighted by atomic mass is 19.1. The molecule has 6 aromatic rings. The molecule has 0 radical (unpaired) electrons. The number of nitrogens with zero attached hydrogens (tertiary/aromatic N) is 5. The third kappa shape index (κ3) is 8.16.